The van der Waals surface area contributed by atoms with Crippen molar-refractivity contribution in [2.75, 3.05) is 13.2 Å². The number of nitrogens with zero attached hydrogens (tertiary/aromatic N) is 1. The van der Waals surface area contributed by atoms with Crippen LogP contribution < -0.4 is 4.74 Å². The van der Waals surface area contributed by atoms with Gasteiger partial charge >= 0.3 is 0 Å². The molecule has 0 radical (unpaired) electrons. The predicted molar refractivity (Wildman–Crippen MR) is 102 cm³/mol. The van der Waals surface area contributed by atoms with Gasteiger partial charge in [0.1, 0.15) is 5.75 Å². The number of amides is 1. The van der Waals surface area contributed by atoms with Crippen LogP contribution in [0.2, 0.25) is 0 Å². The fourth-order valence-electron chi connectivity index (χ4n) is 3.52. The van der Waals surface area contributed by atoms with Gasteiger partial charge in [-0.2, -0.15) is 0 Å². The van der Waals surface area contributed by atoms with Crippen LogP contribution >= 0.6 is 0 Å². The van der Waals surface area contributed by atoms with E-state index in [-0.39, 0.29) is 18.4 Å². The van der Waals surface area contributed by atoms with E-state index in [1.54, 1.807) is 0 Å². The van der Waals surface area contributed by atoms with Crippen molar-refractivity contribution < 1.29 is 9.53 Å². The summed E-state index contributed by atoms with van der Waals surface area (Å²) < 4.78 is 5.66. The highest BCUT2D eigenvalue weighted by Crippen LogP contribution is 2.33. The summed E-state index contributed by atoms with van der Waals surface area (Å²) in [5, 5.41) is 0. The number of carbonyl (C=O) groups is 1. The average Bonchev–Trinajstić information content (AvgIpc) is 2.72. The fourth-order valence-corrected chi connectivity index (χ4v) is 3.52. The summed E-state index contributed by atoms with van der Waals surface area (Å²) in [5.74, 6) is 0.934. The van der Waals surface area contributed by atoms with Crippen molar-refractivity contribution in [3.05, 3.63) is 102 Å². The molecule has 3 nitrogen and oxygen atoms in total. The molecule has 0 spiro atoms. The summed E-state index contributed by atoms with van der Waals surface area (Å²) in [4.78, 5) is 14.7. The minimum absolute atomic E-state index is 0.0179. The number of carbonyl (C=O) groups excluding carboxylic acids is 1. The third kappa shape index (κ3) is 3.47. The Balaban J connectivity index is 1.54. The highest BCUT2D eigenvalue weighted by Gasteiger charge is 2.29. The van der Waals surface area contributed by atoms with Crippen LogP contribution in [0, 0.1) is 0 Å². The van der Waals surface area contributed by atoms with Crippen LogP contribution in [0.3, 0.4) is 0 Å². The number of para-hydroxylation sites is 1. The zero-order valence-corrected chi connectivity index (χ0v) is 14.5. The molecule has 1 aliphatic rings. The summed E-state index contributed by atoms with van der Waals surface area (Å²) >= 11 is 0. The summed E-state index contributed by atoms with van der Waals surface area (Å²) in [6, 6.07) is 28.3. The SMILES string of the molecule is O=C(COc1ccccc1)N1Cc2ccccc2C(c2ccccc2)C1. The molecule has 3 aromatic carbocycles. The lowest BCUT2D eigenvalue weighted by molar-refractivity contribution is -0.134. The molecule has 0 fully saturated rings. The smallest absolute Gasteiger partial charge is 0.260 e. The standard InChI is InChI=1S/C23H21NO2/c25-23(17-26-20-12-5-2-6-13-20)24-15-19-11-7-8-14-21(19)22(16-24)18-9-3-1-4-10-18/h1-14,22H,15-17H2. The van der Waals surface area contributed by atoms with Gasteiger partial charge in [0.2, 0.25) is 0 Å². The van der Waals surface area contributed by atoms with E-state index in [9.17, 15) is 4.79 Å². The molecule has 1 amide bonds. The second kappa shape index (κ2) is 7.44. The van der Waals surface area contributed by atoms with E-state index in [2.05, 4.69) is 42.5 Å². The largest absolute Gasteiger partial charge is 0.484 e. The molecule has 0 N–H and O–H groups in total. The first-order valence-corrected chi connectivity index (χ1v) is 8.89. The van der Waals surface area contributed by atoms with Crippen LogP contribution in [0.25, 0.3) is 0 Å². The van der Waals surface area contributed by atoms with Gasteiger partial charge in [-0.25, -0.2) is 0 Å². The van der Waals surface area contributed by atoms with Gasteiger partial charge in [-0.15, -0.1) is 0 Å². The van der Waals surface area contributed by atoms with Gasteiger partial charge in [0.25, 0.3) is 5.91 Å². The molecule has 1 heterocycles. The lowest BCUT2D eigenvalue weighted by atomic mass is 9.84. The van der Waals surface area contributed by atoms with Crippen molar-refractivity contribution in [3.63, 3.8) is 0 Å². The van der Waals surface area contributed by atoms with Crippen molar-refractivity contribution in [1.29, 1.82) is 0 Å². The maximum absolute atomic E-state index is 12.8. The van der Waals surface area contributed by atoms with Crippen LogP contribution in [0.15, 0.2) is 84.9 Å². The Kier molecular flexibility index (Phi) is 4.69. The third-order valence-corrected chi connectivity index (χ3v) is 4.85. The summed E-state index contributed by atoms with van der Waals surface area (Å²) in [5.41, 5.74) is 3.76. The average molecular weight is 343 g/mol. The van der Waals surface area contributed by atoms with Gasteiger partial charge in [0.15, 0.2) is 6.61 Å². The van der Waals surface area contributed by atoms with Crippen molar-refractivity contribution in [2.24, 2.45) is 0 Å². The number of hydrogen-bond donors (Lipinski definition) is 0. The number of ether oxygens (including phenoxy) is 1. The van der Waals surface area contributed by atoms with E-state index < -0.39 is 0 Å². The molecule has 1 unspecified atom stereocenters. The maximum atomic E-state index is 12.8. The van der Waals surface area contributed by atoms with Gasteiger partial charge in [-0.1, -0.05) is 72.8 Å². The number of fused-ring (bicyclic) bond motifs is 1. The maximum Gasteiger partial charge on any atom is 0.260 e. The Labute approximate surface area is 153 Å². The van der Waals surface area contributed by atoms with E-state index in [0.29, 0.717) is 13.1 Å². The predicted octanol–water partition coefficient (Wildman–Crippen LogP) is 4.24. The molecule has 4 rings (SSSR count). The van der Waals surface area contributed by atoms with E-state index >= 15 is 0 Å². The number of hydrogen-bond acceptors (Lipinski definition) is 2. The fraction of sp³-hybridized carbons (Fsp3) is 0.174. The molecule has 0 aromatic heterocycles. The zero-order valence-electron chi connectivity index (χ0n) is 14.5. The molecule has 26 heavy (non-hydrogen) atoms. The van der Waals surface area contributed by atoms with Crippen molar-refractivity contribution in [2.45, 2.75) is 12.5 Å². The quantitative estimate of drug-likeness (QED) is 0.709. The van der Waals surface area contributed by atoms with Gasteiger partial charge in [-0.3, -0.25) is 4.79 Å². The Morgan fingerprint density at radius 2 is 1.54 bits per heavy atom. The lowest BCUT2D eigenvalue weighted by Gasteiger charge is -2.35. The number of rotatable bonds is 4. The van der Waals surface area contributed by atoms with Crippen LogP contribution in [0.4, 0.5) is 0 Å². The molecule has 130 valence electrons. The zero-order chi connectivity index (χ0) is 17.8. The second-order valence-corrected chi connectivity index (χ2v) is 6.54. The third-order valence-electron chi connectivity index (χ3n) is 4.85. The van der Waals surface area contributed by atoms with E-state index in [4.69, 9.17) is 4.74 Å². The Morgan fingerprint density at radius 1 is 0.885 bits per heavy atom. The topological polar surface area (TPSA) is 29.5 Å². The molecule has 1 aliphatic heterocycles. The Morgan fingerprint density at radius 3 is 2.31 bits per heavy atom. The van der Waals surface area contributed by atoms with Crippen LogP contribution in [0.5, 0.6) is 5.75 Å². The molecule has 0 saturated heterocycles. The van der Waals surface area contributed by atoms with Crippen LogP contribution in [-0.2, 0) is 11.3 Å². The van der Waals surface area contributed by atoms with Gasteiger partial charge in [0, 0.05) is 19.0 Å². The lowest BCUT2D eigenvalue weighted by Crippen LogP contribution is -2.41. The first-order valence-electron chi connectivity index (χ1n) is 8.89. The van der Waals surface area contributed by atoms with Gasteiger partial charge in [0.05, 0.1) is 0 Å². The Bertz CT molecular complexity index is 877. The highest BCUT2D eigenvalue weighted by molar-refractivity contribution is 5.78. The van der Waals surface area contributed by atoms with Crippen molar-refractivity contribution in [1.82, 2.24) is 4.90 Å². The van der Waals surface area contributed by atoms with E-state index in [0.717, 1.165) is 5.75 Å². The van der Waals surface area contributed by atoms with Gasteiger partial charge < -0.3 is 9.64 Å². The molecule has 0 saturated carbocycles. The minimum atomic E-state index is 0.0179. The number of benzene rings is 3. The molecule has 3 aromatic rings. The summed E-state index contributed by atoms with van der Waals surface area (Å²) in [6.07, 6.45) is 0. The summed E-state index contributed by atoms with van der Waals surface area (Å²) in [7, 11) is 0. The van der Waals surface area contributed by atoms with Crippen molar-refractivity contribution >= 4 is 5.91 Å². The van der Waals surface area contributed by atoms with Crippen LogP contribution in [-0.4, -0.2) is 24.0 Å². The highest BCUT2D eigenvalue weighted by atomic mass is 16.5. The molecule has 0 bridgehead atoms. The normalized spacial score (nSPS) is 16.0. The second-order valence-electron chi connectivity index (χ2n) is 6.54. The van der Waals surface area contributed by atoms with Crippen LogP contribution in [0.1, 0.15) is 22.6 Å². The molecule has 1 atom stereocenters. The molecule has 3 heteroatoms. The van der Waals surface area contributed by atoms with E-state index in [1.165, 1.54) is 16.7 Å². The van der Waals surface area contributed by atoms with Gasteiger partial charge in [-0.05, 0) is 28.8 Å². The summed E-state index contributed by atoms with van der Waals surface area (Å²) in [6.45, 7) is 1.38. The first kappa shape index (κ1) is 16.4. The molecule has 0 aliphatic carbocycles. The molecular weight excluding hydrogens is 322 g/mol. The minimum Gasteiger partial charge on any atom is -0.484 e. The van der Waals surface area contributed by atoms with Crippen molar-refractivity contribution in [3.8, 4) is 5.75 Å². The van der Waals surface area contributed by atoms with E-state index in [1.807, 2.05) is 47.4 Å². The Hall–Kier alpha value is -3.07. The molecular formula is C23H21NO2. The first-order chi connectivity index (χ1) is 12.8. The monoisotopic (exact) mass is 343 g/mol.